The van der Waals surface area contributed by atoms with Gasteiger partial charge in [-0.3, -0.25) is 14.7 Å². The van der Waals surface area contributed by atoms with Crippen LogP contribution in [0, 0.1) is 6.92 Å². The summed E-state index contributed by atoms with van der Waals surface area (Å²) in [6.07, 6.45) is 8.35. The second-order valence-electron chi connectivity index (χ2n) is 9.07. The summed E-state index contributed by atoms with van der Waals surface area (Å²) >= 11 is 0. The molecule has 2 aromatic rings. The number of amides is 2. The van der Waals surface area contributed by atoms with Crippen LogP contribution in [0.3, 0.4) is 0 Å². The summed E-state index contributed by atoms with van der Waals surface area (Å²) in [6, 6.07) is 5.93. The van der Waals surface area contributed by atoms with Crippen LogP contribution in [0.5, 0.6) is 5.75 Å². The zero-order valence-electron chi connectivity index (χ0n) is 19.2. The SMILES string of the molecule is COc1ccc(C)cc1CC(=O)N1CCC[C@@H](c2[nH]ncc2C(=O)N2CCCCCC2)C1. The Labute approximate surface area is 190 Å². The van der Waals surface area contributed by atoms with Gasteiger partial charge < -0.3 is 14.5 Å². The number of methoxy groups -OCH3 is 1. The normalized spacial score (nSPS) is 19.5. The number of piperidine rings is 1. The van der Waals surface area contributed by atoms with E-state index in [1.165, 1.54) is 12.8 Å². The standard InChI is InChI=1S/C25H34N4O3/c1-18-9-10-22(32-2)20(14-18)15-23(30)29-13-7-8-19(17-29)24-21(16-26-27-24)25(31)28-11-5-3-4-6-12-28/h9-10,14,16,19H,3-8,11-13,15,17H2,1-2H3,(H,26,27)/t19-/m1/s1. The topological polar surface area (TPSA) is 78.5 Å². The van der Waals surface area contributed by atoms with E-state index in [9.17, 15) is 9.59 Å². The highest BCUT2D eigenvalue weighted by atomic mass is 16.5. The van der Waals surface area contributed by atoms with Crippen LogP contribution in [0.2, 0.25) is 0 Å². The van der Waals surface area contributed by atoms with Crippen LogP contribution in [-0.4, -0.2) is 65.1 Å². The molecule has 0 bridgehead atoms. The maximum atomic E-state index is 13.2. The maximum Gasteiger partial charge on any atom is 0.257 e. The Bertz CT molecular complexity index is 946. The van der Waals surface area contributed by atoms with Crippen LogP contribution >= 0.6 is 0 Å². The Morgan fingerprint density at radius 3 is 2.59 bits per heavy atom. The first-order chi connectivity index (χ1) is 15.6. The summed E-state index contributed by atoms with van der Waals surface area (Å²) < 4.78 is 5.45. The number of aryl methyl sites for hydroxylation is 1. The molecule has 0 spiro atoms. The third kappa shape index (κ3) is 4.97. The van der Waals surface area contributed by atoms with Gasteiger partial charge in [-0.2, -0.15) is 5.10 Å². The van der Waals surface area contributed by atoms with Crippen LogP contribution in [-0.2, 0) is 11.2 Å². The predicted molar refractivity (Wildman–Crippen MR) is 123 cm³/mol. The summed E-state index contributed by atoms with van der Waals surface area (Å²) in [4.78, 5) is 30.2. The van der Waals surface area contributed by atoms with Crippen LogP contribution in [0.25, 0.3) is 0 Å². The highest BCUT2D eigenvalue weighted by molar-refractivity contribution is 5.95. The molecule has 2 saturated heterocycles. The van der Waals surface area contributed by atoms with Crippen molar-refractivity contribution in [3.05, 3.63) is 46.8 Å². The first-order valence-corrected chi connectivity index (χ1v) is 11.8. The second kappa shape index (κ2) is 10.2. The number of nitrogens with one attached hydrogen (secondary N) is 1. The third-order valence-electron chi connectivity index (χ3n) is 6.75. The second-order valence-corrected chi connectivity index (χ2v) is 9.07. The molecule has 1 atom stereocenters. The van der Waals surface area contributed by atoms with Crippen molar-refractivity contribution in [2.24, 2.45) is 0 Å². The molecule has 0 saturated carbocycles. The van der Waals surface area contributed by atoms with Gasteiger partial charge in [0.1, 0.15) is 5.75 Å². The number of hydrogen-bond acceptors (Lipinski definition) is 4. The van der Waals surface area contributed by atoms with E-state index >= 15 is 0 Å². The molecule has 0 aliphatic carbocycles. The number of likely N-dealkylation sites (tertiary alicyclic amines) is 2. The molecule has 2 aliphatic heterocycles. The molecule has 0 unspecified atom stereocenters. The Hall–Kier alpha value is -2.83. The molecular formula is C25H34N4O3. The Balaban J connectivity index is 1.46. The number of rotatable bonds is 5. The van der Waals surface area contributed by atoms with E-state index in [4.69, 9.17) is 4.74 Å². The van der Waals surface area contributed by atoms with E-state index in [1.807, 2.05) is 34.9 Å². The van der Waals surface area contributed by atoms with Crippen molar-refractivity contribution in [1.82, 2.24) is 20.0 Å². The number of nitrogens with zero attached hydrogens (tertiary/aromatic N) is 3. The molecule has 1 aromatic heterocycles. The number of carbonyl (C=O) groups is 2. The van der Waals surface area contributed by atoms with E-state index in [-0.39, 0.29) is 17.7 Å². The molecule has 4 rings (SSSR count). The van der Waals surface area contributed by atoms with Gasteiger partial charge >= 0.3 is 0 Å². The van der Waals surface area contributed by atoms with Gasteiger partial charge in [-0.1, -0.05) is 30.5 Å². The minimum Gasteiger partial charge on any atom is -0.496 e. The van der Waals surface area contributed by atoms with E-state index in [2.05, 4.69) is 10.2 Å². The van der Waals surface area contributed by atoms with E-state index in [0.29, 0.717) is 18.5 Å². The van der Waals surface area contributed by atoms with Gasteiger partial charge in [0.15, 0.2) is 0 Å². The number of hydrogen-bond donors (Lipinski definition) is 1. The molecule has 1 N–H and O–H groups in total. The first-order valence-electron chi connectivity index (χ1n) is 11.8. The zero-order chi connectivity index (χ0) is 22.5. The van der Waals surface area contributed by atoms with Crippen LogP contribution in [0.15, 0.2) is 24.4 Å². The molecule has 7 nitrogen and oxygen atoms in total. The Morgan fingerprint density at radius 2 is 1.84 bits per heavy atom. The summed E-state index contributed by atoms with van der Waals surface area (Å²) in [5.74, 6) is 1.01. The van der Waals surface area contributed by atoms with Crippen molar-refractivity contribution in [1.29, 1.82) is 0 Å². The lowest BCUT2D eigenvalue weighted by molar-refractivity contribution is -0.131. The highest BCUT2D eigenvalue weighted by Crippen LogP contribution is 2.30. The van der Waals surface area contributed by atoms with Crippen molar-refractivity contribution >= 4 is 11.8 Å². The molecule has 32 heavy (non-hydrogen) atoms. The lowest BCUT2D eigenvalue weighted by atomic mass is 9.91. The number of benzene rings is 1. The van der Waals surface area contributed by atoms with Crippen molar-refractivity contribution in [2.45, 2.75) is 57.8 Å². The molecule has 172 valence electrons. The fraction of sp³-hybridized carbons (Fsp3) is 0.560. The number of aromatic amines is 1. The average molecular weight is 439 g/mol. The zero-order valence-corrected chi connectivity index (χ0v) is 19.2. The average Bonchev–Trinajstić information content (AvgIpc) is 3.14. The largest absolute Gasteiger partial charge is 0.496 e. The first kappa shape index (κ1) is 22.4. The lowest BCUT2D eigenvalue weighted by Crippen LogP contribution is -2.40. The van der Waals surface area contributed by atoms with Gasteiger partial charge in [0, 0.05) is 37.7 Å². The van der Waals surface area contributed by atoms with Crippen molar-refractivity contribution in [3.63, 3.8) is 0 Å². The Morgan fingerprint density at radius 1 is 1.09 bits per heavy atom. The van der Waals surface area contributed by atoms with E-state index < -0.39 is 0 Å². The van der Waals surface area contributed by atoms with E-state index in [0.717, 1.165) is 67.9 Å². The molecule has 2 aliphatic rings. The van der Waals surface area contributed by atoms with Gasteiger partial charge in [-0.15, -0.1) is 0 Å². The smallest absolute Gasteiger partial charge is 0.257 e. The molecule has 7 heteroatoms. The van der Waals surface area contributed by atoms with Crippen molar-refractivity contribution < 1.29 is 14.3 Å². The molecular weight excluding hydrogens is 404 g/mol. The molecule has 1 aromatic carbocycles. The summed E-state index contributed by atoms with van der Waals surface area (Å²) in [7, 11) is 1.64. The molecule has 3 heterocycles. The number of carbonyl (C=O) groups excluding carboxylic acids is 2. The van der Waals surface area contributed by atoms with Crippen molar-refractivity contribution in [3.8, 4) is 5.75 Å². The number of aromatic nitrogens is 2. The highest BCUT2D eigenvalue weighted by Gasteiger charge is 2.30. The molecule has 2 fully saturated rings. The monoisotopic (exact) mass is 438 g/mol. The number of H-pyrrole nitrogens is 1. The third-order valence-corrected chi connectivity index (χ3v) is 6.75. The van der Waals surface area contributed by atoms with Crippen molar-refractivity contribution in [2.75, 3.05) is 33.3 Å². The van der Waals surface area contributed by atoms with Gasteiger partial charge in [-0.05, 0) is 38.7 Å². The van der Waals surface area contributed by atoms with Crippen LogP contribution in [0.1, 0.15) is 71.6 Å². The maximum absolute atomic E-state index is 13.2. The van der Waals surface area contributed by atoms with Crippen LogP contribution < -0.4 is 4.74 Å². The fourth-order valence-corrected chi connectivity index (χ4v) is 4.98. The minimum atomic E-state index is 0.0728. The van der Waals surface area contributed by atoms with Gasteiger partial charge in [0.05, 0.1) is 31.0 Å². The van der Waals surface area contributed by atoms with Gasteiger partial charge in [0.25, 0.3) is 5.91 Å². The summed E-state index contributed by atoms with van der Waals surface area (Å²) in [6.45, 7) is 5.00. The minimum absolute atomic E-state index is 0.0728. The number of ether oxygens (including phenoxy) is 1. The Kier molecular flexibility index (Phi) is 7.12. The lowest BCUT2D eigenvalue weighted by Gasteiger charge is -2.33. The quantitative estimate of drug-likeness (QED) is 0.772. The summed E-state index contributed by atoms with van der Waals surface area (Å²) in [5, 5.41) is 7.30. The van der Waals surface area contributed by atoms with Crippen LogP contribution in [0.4, 0.5) is 0 Å². The van der Waals surface area contributed by atoms with E-state index in [1.54, 1.807) is 13.3 Å². The summed E-state index contributed by atoms with van der Waals surface area (Å²) in [5.41, 5.74) is 3.58. The van der Waals surface area contributed by atoms with Gasteiger partial charge in [-0.25, -0.2) is 0 Å². The molecule has 0 radical (unpaired) electrons. The van der Waals surface area contributed by atoms with Gasteiger partial charge in [0.2, 0.25) is 5.91 Å². The molecule has 2 amide bonds. The predicted octanol–water partition coefficient (Wildman–Crippen LogP) is 3.69. The fourth-order valence-electron chi connectivity index (χ4n) is 4.98.